The van der Waals surface area contributed by atoms with Gasteiger partial charge in [-0.25, -0.2) is 5.32 Å². The van der Waals surface area contributed by atoms with Gasteiger partial charge in [-0.05, 0) is 0 Å². The first kappa shape index (κ1) is 3.51. The number of hydrogen-bond acceptors (Lipinski definition) is 1. The smallest absolute Gasteiger partial charge is 0.0899 e. The first-order valence-electron chi connectivity index (χ1n) is 1.84. The van der Waals surface area contributed by atoms with Crippen LogP contribution in [0.1, 0.15) is 0 Å². The van der Waals surface area contributed by atoms with Crippen molar-refractivity contribution >= 4 is 0 Å². The molecule has 1 radical (unpaired) electrons. The van der Waals surface area contributed by atoms with E-state index in [1.165, 1.54) is 0 Å². The van der Waals surface area contributed by atoms with Gasteiger partial charge in [0.2, 0.25) is 0 Å². The largest absolute Gasteiger partial charge is 0.331 e. The van der Waals surface area contributed by atoms with E-state index in [2.05, 4.69) is 22.6 Å². The van der Waals surface area contributed by atoms with Gasteiger partial charge in [0, 0.05) is 6.04 Å². The summed E-state index contributed by atoms with van der Waals surface area (Å²) in [5.41, 5.74) is 0. The van der Waals surface area contributed by atoms with Crippen molar-refractivity contribution in [2.75, 3.05) is 13.2 Å². The van der Waals surface area contributed by atoms with Crippen LogP contribution in [0, 0.1) is 12.0 Å². The summed E-state index contributed by atoms with van der Waals surface area (Å²) in [5.74, 6) is 2.76. The van der Waals surface area contributed by atoms with E-state index in [0.29, 0.717) is 13.2 Å². The fourth-order valence-electron chi connectivity index (χ4n) is 0.309. The van der Waals surface area contributed by atoms with Crippen LogP contribution in [0.5, 0.6) is 0 Å². The molecule has 2 nitrogen and oxygen atoms in total. The Morgan fingerprint density at radius 1 is 1.67 bits per heavy atom. The average Bonchev–Trinajstić information content (AvgIpc) is 1.72. The Hall–Kier alpha value is -0.680. The minimum Gasteiger partial charge on any atom is -0.331 e. The fourth-order valence-corrected chi connectivity index (χ4v) is 0.309. The van der Waals surface area contributed by atoms with E-state index in [1.54, 1.807) is 0 Å². The first-order chi connectivity index (χ1) is 3.00. The molecule has 0 aromatic carbocycles. The van der Waals surface area contributed by atoms with E-state index in [1.807, 2.05) is 0 Å². The lowest BCUT2D eigenvalue weighted by Gasteiger charge is -1.97. The SMILES string of the molecule is C1#CNC[N]C1. The molecule has 0 spiro atoms. The summed E-state index contributed by atoms with van der Waals surface area (Å²) in [6, 6.07) is 2.69. The minimum absolute atomic E-state index is 0.701. The van der Waals surface area contributed by atoms with Gasteiger partial charge in [-0.3, -0.25) is 0 Å². The second kappa shape index (κ2) is 1.68. The molecule has 1 aliphatic rings. The van der Waals surface area contributed by atoms with Gasteiger partial charge in [0.05, 0.1) is 13.2 Å². The van der Waals surface area contributed by atoms with E-state index in [0.717, 1.165) is 0 Å². The molecular formula is C4H5N2. The molecule has 1 aliphatic heterocycles. The summed E-state index contributed by atoms with van der Waals surface area (Å²) < 4.78 is 0. The standard InChI is InChI=1S/C4H5N2/c1-2-5-4-6-3-1/h6H,2,4H2. The van der Waals surface area contributed by atoms with Gasteiger partial charge in [-0.1, -0.05) is 5.92 Å². The van der Waals surface area contributed by atoms with Crippen molar-refractivity contribution in [1.82, 2.24) is 10.6 Å². The molecule has 0 aromatic rings. The van der Waals surface area contributed by atoms with Gasteiger partial charge < -0.3 is 5.32 Å². The molecular weight excluding hydrogens is 76.1 g/mol. The summed E-state index contributed by atoms with van der Waals surface area (Å²) in [5, 5.41) is 6.65. The highest BCUT2D eigenvalue weighted by atomic mass is 15.0. The summed E-state index contributed by atoms with van der Waals surface area (Å²) in [7, 11) is 0. The molecule has 0 fully saturated rings. The van der Waals surface area contributed by atoms with Gasteiger partial charge in [0.1, 0.15) is 0 Å². The maximum absolute atomic E-state index is 3.89. The van der Waals surface area contributed by atoms with Gasteiger partial charge in [0.25, 0.3) is 0 Å². The van der Waals surface area contributed by atoms with Crippen LogP contribution in [-0.2, 0) is 0 Å². The predicted molar refractivity (Wildman–Crippen MR) is 22.8 cm³/mol. The van der Waals surface area contributed by atoms with Crippen molar-refractivity contribution < 1.29 is 0 Å². The minimum atomic E-state index is 0.701. The predicted octanol–water partition coefficient (Wildman–Crippen LogP) is -0.888. The van der Waals surface area contributed by atoms with Gasteiger partial charge >= 0.3 is 0 Å². The van der Waals surface area contributed by atoms with Crippen molar-refractivity contribution in [3.05, 3.63) is 0 Å². The van der Waals surface area contributed by atoms with Crippen LogP contribution in [0.25, 0.3) is 0 Å². The number of rotatable bonds is 0. The van der Waals surface area contributed by atoms with Crippen LogP contribution in [0.4, 0.5) is 0 Å². The van der Waals surface area contributed by atoms with Gasteiger partial charge in [-0.2, -0.15) is 0 Å². The van der Waals surface area contributed by atoms with Crippen LogP contribution in [0.2, 0.25) is 0 Å². The topological polar surface area (TPSA) is 26.1 Å². The van der Waals surface area contributed by atoms with E-state index < -0.39 is 0 Å². The first-order valence-corrected chi connectivity index (χ1v) is 1.84. The zero-order valence-electron chi connectivity index (χ0n) is 3.36. The monoisotopic (exact) mass is 81.0 g/mol. The molecule has 6 heavy (non-hydrogen) atoms. The van der Waals surface area contributed by atoms with E-state index in [9.17, 15) is 0 Å². The molecule has 0 saturated heterocycles. The summed E-state index contributed by atoms with van der Waals surface area (Å²) in [6.07, 6.45) is 0. The summed E-state index contributed by atoms with van der Waals surface area (Å²) in [4.78, 5) is 0. The third-order valence-corrected chi connectivity index (χ3v) is 0.558. The quantitative estimate of drug-likeness (QED) is 0.376. The molecule has 2 heteroatoms. The van der Waals surface area contributed by atoms with Crippen molar-refractivity contribution in [3.63, 3.8) is 0 Å². The molecule has 0 saturated carbocycles. The van der Waals surface area contributed by atoms with Gasteiger partial charge in [-0.15, -0.1) is 0 Å². The Balaban J connectivity index is 2.36. The van der Waals surface area contributed by atoms with Crippen LogP contribution < -0.4 is 10.6 Å². The maximum atomic E-state index is 3.89. The molecule has 0 aliphatic carbocycles. The zero-order valence-corrected chi connectivity index (χ0v) is 3.36. The average molecular weight is 81.1 g/mol. The third kappa shape index (κ3) is 0.631. The van der Waals surface area contributed by atoms with Crippen LogP contribution in [-0.4, -0.2) is 13.2 Å². The highest BCUT2D eigenvalue weighted by molar-refractivity contribution is 5.01. The van der Waals surface area contributed by atoms with Crippen LogP contribution in [0.15, 0.2) is 0 Å². The molecule has 0 unspecified atom stereocenters. The molecule has 0 amide bonds. The lowest BCUT2D eigenvalue weighted by Crippen LogP contribution is -2.23. The Kier molecular flexibility index (Phi) is 0.984. The Morgan fingerprint density at radius 2 is 2.67 bits per heavy atom. The summed E-state index contributed by atoms with van der Waals surface area (Å²) in [6.45, 7) is 1.40. The van der Waals surface area contributed by atoms with Crippen LogP contribution >= 0.6 is 0 Å². The summed E-state index contributed by atoms with van der Waals surface area (Å²) >= 11 is 0. The highest BCUT2D eigenvalue weighted by Gasteiger charge is 1.82. The Morgan fingerprint density at radius 3 is 2.83 bits per heavy atom. The lowest BCUT2D eigenvalue weighted by molar-refractivity contribution is 0.686. The number of hydrogen-bond donors (Lipinski definition) is 1. The van der Waals surface area contributed by atoms with Gasteiger partial charge in [0.15, 0.2) is 0 Å². The molecule has 0 bridgehead atoms. The Bertz CT molecular complexity index is 77.5. The third-order valence-electron chi connectivity index (χ3n) is 0.558. The second-order valence-corrected chi connectivity index (χ2v) is 1.02. The molecule has 0 atom stereocenters. The Labute approximate surface area is 36.9 Å². The zero-order chi connectivity index (χ0) is 4.24. The van der Waals surface area contributed by atoms with Crippen LogP contribution in [0.3, 0.4) is 0 Å². The van der Waals surface area contributed by atoms with E-state index in [-0.39, 0.29) is 0 Å². The highest BCUT2D eigenvalue weighted by Crippen LogP contribution is 1.61. The number of nitrogens with one attached hydrogen (secondary N) is 1. The van der Waals surface area contributed by atoms with Crippen molar-refractivity contribution in [1.29, 1.82) is 0 Å². The maximum Gasteiger partial charge on any atom is 0.0899 e. The molecule has 0 aromatic heterocycles. The fraction of sp³-hybridized carbons (Fsp3) is 0.500. The normalized spacial score (nSPS) is 17.3. The van der Waals surface area contributed by atoms with Crippen molar-refractivity contribution in [3.8, 4) is 12.0 Å². The molecule has 1 N–H and O–H groups in total. The number of nitrogens with zero attached hydrogens (tertiary/aromatic N) is 1. The van der Waals surface area contributed by atoms with E-state index >= 15 is 0 Å². The van der Waals surface area contributed by atoms with Crippen molar-refractivity contribution in [2.24, 2.45) is 0 Å². The molecule has 1 heterocycles. The second-order valence-electron chi connectivity index (χ2n) is 1.02. The van der Waals surface area contributed by atoms with E-state index in [4.69, 9.17) is 0 Å². The van der Waals surface area contributed by atoms with Crippen molar-refractivity contribution in [2.45, 2.75) is 0 Å². The molecule has 31 valence electrons. The lowest BCUT2D eigenvalue weighted by atomic mass is 10.6. The molecule has 1 rings (SSSR count).